The Morgan fingerprint density at radius 1 is 1.13 bits per heavy atom. The van der Waals surface area contributed by atoms with Crippen LogP contribution in [0.25, 0.3) is 0 Å². The lowest BCUT2D eigenvalue weighted by Crippen LogP contribution is -2.59. The molecule has 1 aromatic carbocycles. The number of carbonyl (C=O) groups excluding carboxylic acids is 1. The van der Waals surface area contributed by atoms with E-state index in [-0.39, 0.29) is 12.7 Å². The molecule has 0 aromatic heterocycles. The topological polar surface area (TPSA) is 67.8 Å². The summed E-state index contributed by atoms with van der Waals surface area (Å²) < 4.78 is 10.7. The number of hydrogen-bond acceptors (Lipinski definition) is 4. The van der Waals surface area contributed by atoms with E-state index in [9.17, 15) is 9.90 Å². The van der Waals surface area contributed by atoms with Crippen LogP contribution in [0.15, 0.2) is 18.2 Å². The Labute approximate surface area is 135 Å². The molecule has 5 heteroatoms. The van der Waals surface area contributed by atoms with Gasteiger partial charge in [-0.1, -0.05) is 0 Å². The molecule has 1 aromatic rings. The van der Waals surface area contributed by atoms with Crippen molar-refractivity contribution in [1.29, 1.82) is 0 Å². The first-order valence-electron chi connectivity index (χ1n) is 8.47. The van der Waals surface area contributed by atoms with E-state index in [2.05, 4.69) is 5.32 Å². The van der Waals surface area contributed by atoms with Crippen LogP contribution in [0, 0.1) is 17.3 Å². The number of hydrogen-bond donors (Lipinski definition) is 2. The lowest BCUT2D eigenvalue weighted by atomic mass is 9.47. The Balaban J connectivity index is 1.40. The van der Waals surface area contributed by atoms with Gasteiger partial charge in [-0.3, -0.25) is 4.79 Å². The van der Waals surface area contributed by atoms with Crippen molar-refractivity contribution in [3.05, 3.63) is 18.2 Å². The van der Waals surface area contributed by atoms with Crippen molar-refractivity contribution in [2.45, 2.75) is 44.1 Å². The molecule has 1 aliphatic heterocycles. The number of rotatable bonds is 2. The number of nitrogens with one attached hydrogen (secondary N) is 1. The maximum absolute atomic E-state index is 13.0. The number of ether oxygens (including phenoxy) is 2. The molecule has 1 amide bonds. The molecule has 122 valence electrons. The Morgan fingerprint density at radius 3 is 2.61 bits per heavy atom. The van der Waals surface area contributed by atoms with Crippen LogP contribution in [-0.4, -0.2) is 23.4 Å². The van der Waals surface area contributed by atoms with Gasteiger partial charge in [0.1, 0.15) is 0 Å². The second kappa shape index (κ2) is 4.41. The number of carbonyl (C=O) groups is 1. The number of aliphatic hydroxyl groups is 1. The molecule has 23 heavy (non-hydrogen) atoms. The second-order valence-corrected chi connectivity index (χ2v) is 7.99. The molecule has 0 radical (unpaired) electrons. The monoisotopic (exact) mass is 315 g/mol. The van der Waals surface area contributed by atoms with E-state index >= 15 is 0 Å². The van der Waals surface area contributed by atoms with Crippen LogP contribution in [0.3, 0.4) is 0 Å². The Kier molecular flexibility index (Phi) is 2.62. The molecule has 2 unspecified atom stereocenters. The molecule has 4 bridgehead atoms. The summed E-state index contributed by atoms with van der Waals surface area (Å²) in [5, 5.41) is 13.9. The number of fused-ring (bicyclic) bond motifs is 1. The molecule has 4 aliphatic carbocycles. The Bertz CT molecular complexity index is 672. The number of anilines is 1. The summed E-state index contributed by atoms with van der Waals surface area (Å²) in [6.45, 7) is 0.229. The first-order valence-corrected chi connectivity index (χ1v) is 8.47. The SMILES string of the molecule is O=C(Nc1ccc2c(c1)OCO2)C12C[C@@H]3C[C@@H](CC(O)(C3)C1)C2. The van der Waals surface area contributed by atoms with E-state index in [0.29, 0.717) is 29.8 Å². The third-order valence-corrected chi connectivity index (χ3v) is 6.14. The third kappa shape index (κ3) is 2.06. The van der Waals surface area contributed by atoms with E-state index in [1.54, 1.807) is 0 Å². The van der Waals surface area contributed by atoms with Crippen LogP contribution >= 0.6 is 0 Å². The normalized spacial score (nSPS) is 39.5. The summed E-state index contributed by atoms with van der Waals surface area (Å²) in [7, 11) is 0. The summed E-state index contributed by atoms with van der Waals surface area (Å²) in [4.78, 5) is 13.0. The fourth-order valence-electron chi connectivity index (χ4n) is 5.72. The van der Waals surface area contributed by atoms with E-state index < -0.39 is 11.0 Å². The van der Waals surface area contributed by atoms with Crippen molar-refractivity contribution in [2.24, 2.45) is 17.3 Å². The van der Waals surface area contributed by atoms with Gasteiger partial charge in [0, 0.05) is 11.8 Å². The lowest BCUT2D eigenvalue weighted by molar-refractivity contribution is -0.174. The molecular weight excluding hydrogens is 294 g/mol. The number of benzene rings is 1. The fourth-order valence-corrected chi connectivity index (χ4v) is 5.72. The highest BCUT2D eigenvalue weighted by atomic mass is 16.7. The first kappa shape index (κ1) is 13.7. The fraction of sp³-hybridized carbons (Fsp3) is 0.611. The summed E-state index contributed by atoms with van der Waals surface area (Å²) in [5.74, 6) is 2.45. The zero-order valence-electron chi connectivity index (χ0n) is 13.0. The van der Waals surface area contributed by atoms with Gasteiger partial charge in [-0.15, -0.1) is 0 Å². The van der Waals surface area contributed by atoms with Gasteiger partial charge in [0.15, 0.2) is 11.5 Å². The zero-order valence-corrected chi connectivity index (χ0v) is 13.0. The van der Waals surface area contributed by atoms with E-state index in [0.717, 1.165) is 31.4 Å². The highest BCUT2D eigenvalue weighted by Gasteiger charge is 2.60. The number of amides is 1. The van der Waals surface area contributed by atoms with Gasteiger partial charge >= 0.3 is 0 Å². The molecule has 0 saturated heterocycles. The molecule has 4 atom stereocenters. The average molecular weight is 315 g/mol. The third-order valence-electron chi connectivity index (χ3n) is 6.14. The van der Waals surface area contributed by atoms with Gasteiger partial charge in [0.25, 0.3) is 0 Å². The molecule has 5 aliphatic rings. The quantitative estimate of drug-likeness (QED) is 0.880. The predicted octanol–water partition coefficient (Wildman–Crippen LogP) is 2.69. The largest absolute Gasteiger partial charge is 0.454 e. The van der Waals surface area contributed by atoms with Gasteiger partial charge in [-0.05, 0) is 62.5 Å². The molecule has 4 fully saturated rings. The Morgan fingerprint density at radius 2 is 1.87 bits per heavy atom. The summed E-state index contributed by atoms with van der Waals surface area (Å²) in [6.07, 6.45) is 5.39. The average Bonchev–Trinajstić information content (AvgIpc) is 2.92. The standard InChI is InChI=1S/C18H21NO4/c20-16(19-13-1-2-14-15(4-13)23-10-22-14)17-5-11-3-12(6-17)8-18(21,7-11)9-17/h1-2,4,11-12,21H,3,5-10H2,(H,19,20)/t11-,12+,17?,18?. The molecular formula is C18H21NO4. The van der Waals surface area contributed by atoms with Crippen LogP contribution in [0.5, 0.6) is 11.5 Å². The van der Waals surface area contributed by atoms with Gasteiger partial charge in [-0.25, -0.2) is 0 Å². The Hall–Kier alpha value is -1.75. The lowest BCUT2D eigenvalue weighted by Gasteiger charge is -2.59. The molecule has 0 spiro atoms. The zero-order chi connectivity index (χ0) is 15.7. The summed E-state index contributed by atoms with van der Waals surface area (Å²) in [6, 6.07) is 5.49. The minimum absolute atomic E-state index is 0.0592. The van der Waals surface area contributed by atoms with Crippen molar-refractivity contribution in [3.63, 3.8) is 0 Å². The molecule has 2 N–H and O–H groups in total. The van der Waals surface area contributed by atoms with Crippen LogP contribution in [-0.2, 0) is 4.79 Å². The smallest absolute Gasteiger partial charge is 0.231 e. The minimum atomic E-state index is -0.615. The van der Waals surface area contributed by atoms with Crippen molar-refractivity contribution < 1.29 is 19.4 Å². The van der Waals surface area contributed by atoms with E-state index in [1.165, 1.54) is 6.42 Å². The summed E-state index contributed by atoms with van der Waals surface area (Å²) >= 11 is 0. The highest BCUT2D eigenvalue weighted by molar-refractivity contribution is 5.96. The van der Waals surface area contributed by atoms with Crippen LogP contribution in [0.1, 0.15) is 38.5 Å². The van der Waals surface area contributed by atoms with Gasteiger partial charge in [0.05, 0.1) is 11.0 Å². The predicted molar refractivity (Wildman–Crippen MR) is 83.3 cm³/mol. The van der Waals surface area contributed by atoms with Gasteiger partial charge in [-0.2, -0.15) is 0 Å². The second-order valence-electron chi connectivity index (χ2n) is 7.99. The van der Waals surface area contributed by atoms with Gasteiger partial charge < -0.3 is 19.9 Å². The van der Waals surface area contributed by atoms with Crippen LogP contribution < -0.4 is 14.8 Å². The van der Waals surface area contributed by atoms with E-state index in [1.807, 2.05) is 18.2 Å². The van der Waals surface area contributed by atoms with Crippen molar-refractivity contribution >= 4 is 11.6 Å². The van der Waals surface area contributed by atoms with Crippen LogP contribution in [0.4, 0.5) is 5.69 Å². The first-order chi connectivity index (χ1) is 11.0. The van der Waals surface area contributed by atoms with Crippen molar-refractivity contribution in [3.8, 4) is 11.5 Å². The van der Waals surface area contributed by atoms with E-state index in [4.69, 9.17) is 9.47 Å². The van der Waals surface area contributed by atoms with Crippen LogP contribution in [0.2, 0.25) is 0 Å². The van der Waals surface area contributed by atoms with Crippen molar-refractivity contribution in [1.82, 2.24) is 0 Å². The van der Waals surface area contributed by atoms with Gasteiger partial charge in [0.2, 0.25) is 12.7 Å². The molecule has 4 saturated carbocycles. The molecule has 5 nitrogen and oxygen atoms in total. The summed E-state index contributed by atoms with van der Waals surface area (Å²) in [5.41, 5.74) is -0.270. The maximum atomic E-state index is 13.0. The highest BCUT2D eigenvalue weighted by Crippen LogP contribution is 2.61. The maximum Gasteiger partial charge on any atom is 0.231 e. The van der Waals surface area contributed by atoms with Crippen molar-refractivity contribution in [2.75, 3.05) is 12.1 Å². The minimum Gasteiger partial charge on any atom is -0.454 e. The molecule has 6 rings (SSSR count). The molecule has 1 heterocycles.